The van der Waals surface area contributed by atoms with Gasteiger partial charge in [-0.25, -0.2) is 4.79 Å². The molecule has 116 valence electrons. The van der Waals surface area contributed by atoms with E-state index in [2.05, 4.69) is 10.4 Å². The lowest BCUT2D eigenvalue weighted by molar-refractivity contribution is -0.132. The lowest BCUT2D eigenvalue weighted by atomic mass is 9.82. The third-order valence-electron chi connectivity index (χ3n) is 4.17. The zero-order valence-corrected chi connectivity index (χ0v) is 12.0. The van der Waals surface area contributed by atoms with Crippen LogP contribution in [0.1, 0.15) is 37.7 Å². The normalized spacial score (nSPS) is 20.8. The summed E-state index contributed by atoms with van der Waals surface area (Å²) in [6.07, 6.45) is 5.48. The fourth-order valence-corrected chi connectivity index (χ4v) is 2.95. The smallest absolute Gasteiger partial charge is 0.346 e. The summed E-state index contributed by atoms with van der Waals surface area (Å²) in [5, 5.41) is 26.2. The van der Waals surface area contributed by atoms with Crippen LogP contribution < -0.4 is 5.32 Å². The van der Waals surface area contributed by atoms with Crippen molar-refractivity contribution in [1.29, 1.82) is 0 Å². The average Bonchev–Trinajstić information content (AvgIpc) is 2.72. The molecule has 0 unspecified atom stereocenters. The standard InChI is InChI=1S/C15H17N3O4/c19-11-5-4-10(8-12(11)20)9-16-18-13(21)15(17-14(18)22)6-2-1-3-7-15/h4-5,8-9,19-20H,1-3,6-7H2,(H,17,22)/b16-9+. The molecule has 3 amide bonds. The molecular weight excluding hydrogens is 286 g/mol. The Bertz CT molecular complexity index is 650. The number of hydrogen-bond acceptors (Lipinski definition) is 5. The van der Waals surface area contributed by atoms with Crippen molar-refractivity contribution in [2.45, 2.75) is 37.6 Å². The maximum atomic E-state index is 12.5. The topological polar surface area (TPSA) is 102 Å². The summed E-state index contributed by atoms with van der Waals surface area (Å²) >= 11 is 0. The van der Waals surface area contributed by atoms with E-state index < -0.39 is 11.6 Å². The number of urea groups is 1. The number of hydrazone groups is 1. The number of nitrogens with zero attached hydrogens (tertiary/aromatic N) is 2. The molecule has 0 aromatic heterocycles. The van der Waals surface area contributed by atoms with Crippen molar-refractivity contribution in [3.63, 3.8) is 0 Å². The Labute approximate surface area is 127 Å². The maximum absolute atomic E-state index is 12.5. The van der Waals surface area contributed by atoms with E-state index >= 15 is 0 Å². The number of carbonyl (C=O) groups excluding carboxylic acids is 2. The number of phenolic OH excluding ortho intramolecular Hbond substituents is 2. The number of nitrogens with one attached hydrogen (secondary N) is 1. The van der Waals surface area contributed by atoms with E-state index in [0.29, 0.717) is 18.4 Å². The molecule has 0 bridgehead atoms. The molecule has 3 N–H and O–H groups in total. The highest BCUT2D eigenvalue weighted by Gasteiger charge is 2.51. The summed E-state index contributed by atoms with van der Waals surface area (Å²) in [5.41, 5.74) is -0.329. The minimum Gasteiger partial charge on any atom is -0.504 e. The summed E-state index contributed by atoms with van der Waals surface area (Å²) < 4.78 is 0. The molecule has 2 fully saturated rings. The molecule has 3 rings (SSSR count). The highest BCUT2D eigenvalue weighted by molar-refractivity contribution is 6.07. The van der Waals surface area contributed by atoms with E-state index in [-0.39, 0.29) is 17.4 Å². The van der Waals surface area contributed by atoms with Crippen LogP contribution in [-0.2, 0) is 4.79 Å². The second kappa shape index (κ2) is 5.32. The van der Waals surface area contributed by atoms with Crippen molar-refractivity contribution in [1.82, 2.24) is 10.3 Å². The number of phenols is 2. The molecule has 1 saturated carbocycles. The molecule has 1 aromatic rings. The Kier molecular flexibility index (Phi) is 3.48. The van der Waals surface area contributed by atoms with Crippen LogP contribution in [0, 0.1) is 0 Å². The van der Waals surface area contributed by atoms with Crippen LogP contribution >= 0.6 is 0 Å². The van der Waals surface area contributed by atoms with E-state index in [1.807, 2.05) is 0 Å². The van der Waals surface area contributed by atoms with Gasteiger partial charge in [0.25, 0.3) is 5.91 Å². The van der Waals surface area contributed by atoms with Gasteiger partial charge in [-0.1, -0.05) is 19.3 Å². The first-order valence-electron chi connectivity index (χ1n) is 7.24. The van der Waals surface area contributed by atoms with Crippen molar-refractivity contribution in [2.24, 2.45) is 5.10 Å². The van der Waals surface area contributed by atoms with Crippen molar-refractivity contribution < 1.29 is 19.8 Å². The Morgan fingerprint density at radius 2 is 1.86 bits per heavy atom. The van der Waals surface area contributed by atoms with E-state index in [9.17, 15) is 19.8 Å². The molecule has 7 nitrogen and oxygen atoms in total. The van der Waals surface area contributed by atoms with Crippen LogP contribution in [0.3, 0.4) is 0 Å². The highest BCUT2D eigenvalue weighted by atomic mass is 16.3. The summed E-state index contributed by atoms with van der Waals surface area (Å²) in [7, 11) is 0. The van der Waals surface area contributed by atoms with Crippen molar-refractivity contribution in [3.05, 3.63) is 23.8 Å². The van der Waals surface area contributed by atoms with Gasteiger partial charge in [-0.05, 0) is 36.6 Å². The molecule has 1 aromatic carbocycles. The summed E-state index contributed by atoms with van der Waals surface area (Å²) in [4.78, 5) is 24.5. The third-order valence-corrected chi connectivity index (χ3v) is 4.17. The Morgan fingerprint density at radius 1 is 1.14 bits per heavy atom. The zero-order chi connectivity index (χ0) is 15.7. The van der Waals surface area contributed by atoms with Crippen LogP contribution in [0.2, 0.25) is 0 Å². The molecule has 2 aliphatic rings. The first-order chi connectivity index (χ1) is 10.5. The molecular formula is C15H17N3O4. The first-order valence-corrected chi connectivity index (χ1v) is 7.24. The summed E-state index contributed by atoms with van der Waals surface area (Å²) in [5.74, 6) is -0.852. The molecule has 1 saturated heterocycles. The van der Waals surface area contributed by atoms with Gasteiger partial charge in [-0.2, -0.15) is 5.10 Å². The minimum absolute atomic E-state index is 0.242. The molecule has 0 radical (unpaired) electrons. The Balaban J connectivity index is 1.79. The van der Waals surface area contributed by atoms with Gasteiger partial charge in [0.1, 0.15) is 5.54 Å². The third kappa shape index (κ3) is 2.38. The van der Waals surface area contributed by atoms with Crippen molar-refractivity contribution in [2.75, 3.05) is 0 Å². The first kappa shape index (κ1) is 14.4. The number of benzene rings is 1. The molecule has 1 aliphatic carbocycles. The number of rotatable bonds is 2. The number of imide groups is 1. The second-order valence-electron chi connectivity index (χ2n) is 5.68. The number of amides is 3. The van der Waals surface area contributed by atoms with Crippen molar-refractivity contribution in [3.8, 4) is 11.5 Å². The predicted octanol–water partition coefficient (Wildman–Crippen LogP) is 1.69. The average molecular weight is 303 g/mol. The molecule has 7 heteroatoms. The molecule has 0 atom stereocenters. The summed E-state index contributed by atoms with van der Waals surface area (Å²) in [6, 6.07) is 3.61. The minimum atomic E-state index is -0.802. The monoisotopic (exact) mass is 303 g/mol. The van der Waals surface area contributed by atoms with Gasteiger partial charge in [-0.15, -0.1) is 5.01 Å². The predicted molar refractivity (Wildman–Crippen MR) is 78.6 cm³/mol. The largest absolute Gasteiger partial charge is 0.504 e. The molecule has 22 heavy (non-hydrogen) atoms. The van der Waals surface area contributed by atoms with Gasteiger partial charge in [0.05, 0.1) is 6.21 Å². The second-order valence-corrected chi connectivity index (χ2v) is 5.68. The molecule has 1 aliphatic heterocycles. The van der Waals surface area contributed by atoms with Crippen molar-refractivity contribution >= 4 is 18.2 Å². The Morgan fingerprint density at radius 3 is 2.55 bits per heavy atom. The maximum Gasteiger partial charge on any atom is 0.346 e. The van der Waals surface area contributed by atoms with E-state index in [0.717, 1.165) is 24.3 Å². The quantitative estimate of drug-likeness (QED) is 0.439. The molecule has 1 heterocycles. The van der Waals surface area contributed by atoms with Crippen LogP contribution in [-0.4, -0.2) is 38.9 Å². The van der Waals surface area contributed by atoms with Gasteiger partial charge in [0, 0.05) is 0 Å². The van der Waals surface area contributed by atoms with Crippen LogP contribution in [0.4, 0.5) is 4.79 Å². The fraction of sp³-hybridized carbons (Fsp3) is 0.400. The number of aromatic hydroxyl groups is 2. The van der Waals surface area contributed by atoms with E-state index in [1.165, 1.54) is 24.4 Å². The van der Waals surface area contributed by atoms with E-state index in [4.69, 9.17) is 0 Å². The van der Waals surface area contributed by atoms with Gasteiger partial charge >= 0.3 is 6.03 Å². The zero-order valence-electron chi connectivity index (χ0n) is 12.0. The van der Waals surface area contributed by atoms with Gasteiger partial charge in [-0.3, -0.25) is 4.79 Å². The fourth-order valence-electron chi connectivity index (χ4n) is 2.95. The SMILES string of the molecule is O=C1NC2(CCCCC2)C(=O)N1/N=C/c1ccc(O)c(O)c1. The molecule has 1 spiro atoms. The van der Waals surface area contributed by atoms with Crippen LogP contribution in [0.15, 0.2) is 23.3 Å². The highest BCUT2D eigenvalue weighted by Crippen LogP contribution is 2.33. The summed E-state index contributed by atoms with van der Waals surface area (Å²) in [6.45, 7) is 0. The van der Waals surface area contributed by atoms with E-state index in [1.54, 1.807) is 0 Å². The van der Waals surface area contributed by atoms with Crippen LogP contribution in [0.5, 0.6) is 11.5 Å². The lowest BCUT2D eigenvalue weighted by Gasteiger charge is -2.29. The van der Waals surface area contributed by atoms with Gasteiger partial charge < -0.3 is 15.5 Å². The van der Waals surface area contributed by atoms with Gasteiger partial charge in [0.2, 0.25) is 0 Å². The lowest BCUT2D eigenvalue weighted by Crippen LogP contribution is -2.48. The number of carbonyl (C=O) groups is 2. The van der Waals surface area contributed by atoms with Crippen LogP contribution in [0.25, 0.3) is 0 Å². The van der Waals surface area contributed by atoms with Gasteiger partial charge in [0.15, 0.2) is 11.5 Å². The number of hydrogen-bond donors (Lipinski definition) is 3. The Hall–Kier alpha value is -2.57.